The molecule has 10 heteroatoms. The molecule has 2 heterocycles. The van der Waals surface area contributed by atoms with Gasteiger partial charge in [0.1, 0.15) is 0 Å². The SMILES string of the molecule is CC(C)Nc1nc(NCc2ccncc2)nc(NCc2cccc(C(F)(F)F)c2)n1. The summed E-state index contributed by atoms with van der Waals surface area (Å²) in [6, 6.07) is 8.96. The van der Waals surface area contributed by atoms with Crippen molar-refractivity contribution in [2.75, 3.05) is 16.0 Å². The molecule has 0 unspecified atom stereocenters. The summed E-state index contributed by atoms with van der Waals surface area (Å²) in [7, 11) is 0. The third-order valence-corrected chi connectivity index (χ3v) is 3.96. The van der Waals surface area contributed by atoms with Gasteiger partial charge >= 0.3 is 6.18 Å². The van der Waals surface area contributed by atoms with Crippen molar-refractivity contribution >= 4 is 17.8 Å². The molecule has 2 aromatic heterocycles. The van der Waals surface area contributed by atoms with Crippen molar-refractivity contribution in [3.63, 3.8) is 0 Å². The van der Waals surface area contributed by atoms with Crippen molar-refractivity contribution in [1.29, 1.82) is 0 Å². The van der Waals surface area contributed by atoms with Gasteiger partial charge in [0, 0.05) is 31.5 Å². The van der Waals surface area contributed by atoms with E-state index in [1.165, 1.54) is 6.07 Å². The second-order valence-electron chi connectivity index (χ2n) is 6.87. The Morgan fingerprint density at radius 1 is 0.833 bits per heavy atom. The van der Waals surface area contributed by atoms with Crippen LogP contribution in [0.25, 0.3) is 0 Å². The minimum Gasteiger partial charge on any atom is -0.352 e. The maximum Gasteiger partial charge on any atom is 0.416 e. The van der Waals surface area contributed by atoms with E-state index in [9.17, 15) is 13.2 Å². The van der Waals surface area contributed by atoms with Crippen LogP contribution in [0.1, 0.15) is 30.5 Å². The maximum absolute atomic E-state index is 12.9. The number of anilines is 3. The second kappa shape index (κ2) is 9.38. The van der Waals surface area contributed by atoms with Gasteiger partial charge in [0.15, 0.2) is 0 Å². The zero-order valence-electron chi connectivity index (χ0n) is 16.5. The molecular formula is C20H22F3N7. The molecule has 0 fully saturated rings. The number of pyridine rings is 1. The van der Waals surface area contributed by atoms with Gasteiger partial charge in [-0.3, -0.25) is 4.98 Å². The lowest BCUT2D eigenvalue weighted by Crippen LogP contribution is -2.16. The Hall–Kier alpha value is -3.43. The molecule has 0 aliphatic carbocycles. The quantitative estimate of drug-likeness (QED) is 0.503. The molecule has 0 bridgehead atoms. The minimum absolute atomic E-state index is 0.0942. The van der Waals surface area contributed by atoms with E-state index in [0.717, 1.165) is 17.7 Å². The number of hydrogen-bond donors (Lipinski definition) is 3. The average Bonchev–Trinajstić information content (AvgIpc) is 2.70. The first-order valence-corrected chi connectivity index (χ1v) is 9.35. The Balaban J connectivity index is 1.74. The van der Waals surface area contributed by atoms with E-state index in [0.29, 0.717) is 24.0 Å². The van der Waals surface area contributed by atoms with Gasteiger partial charge in [-0.2, -0.15) is 28.1 Å². The summed E-state index contributed by atoms with van der Waals surface area (Å²) in [5.74, 6) is 0.961. The highest BCUT2D eigenvalue weighted by molar-refractivity contribution is 5.43. The number of rotatable bonds is 8. The molecule has 0 aliphatic rings. The molecule has 0 amide bonds. The number of hydrogen-bond acceptors (Lipinski definition) is 7. The number of benzene rings is 1. The van der Waals surface area contributed by atoms with Gasteiger partial charge in [0.05, 0.1) is 5.56 Å². The maximum atomic E-state index is 12.9. The van der Waals surface area contributed by atoms with Gasteiger partial charge in [-0.15, -0.1) is 0 Å². The molecule has 1 aromatic carbocycles. The molecule has 0 spiro atoms. The van der Waals surface area contributed by atoms with E-state index in [2.05, 4.69) is 35.9 Å². The lowest BCUT2D eigenvalue weighted by molar-refractivity contribution is -0.137. The fourth-order valence-electron chi connectivity index (χ4n) is 2.58. The minimum atomic E-state index is -4.39. The molecule has 158 valence electrons. The molecule has 0 saturated heterocycles. The fraction of sp³-hybridized carbons (Fsp3) is 0.300. The lowest BCUT2D eigenvalue weighted by atomic mass is 10.1. The Bertz CT molecular complexity index is 962. The van der Waals surface area contributed by atoms with Gasteiger partial charge in [-0.1, -0.05) is 12.1 Å². The highest BCUT2D eigenvalue weighted by Crippen LogP contribution is 2.29. The van der Waals surface area contributed by atoms with Crippen LogP contribution in [0.3, 0.4) is 0 Å². The molecule has 7 nitrogen and oxygen atoms in total. The molecule has 30 heavy (non-hydrogen) atoms. The lowest BCUT2D eigenvalue weighted by Gasteiger charge is -2.13. The molecular weight excluding hydrogens is 395 g/mol. The van der Waals surface area contributed by atoms with Crippen molar-refractivity contribution in [2.45, 2.75) is 39.2 Å². The normalized spacial score (nSPS) is 11.4. The van der Waals surface area contributed by atoms with E-state index in [1.54, 1.807) is 18.5 Å². The first kappa shape index (κ1) is 21.3. The molecule has 0 saturated carbocycles. The molecule has 3 N–H and O–H groups in total. The monoisotopic (exact) mass is 417 g/mol. The van der Waals surface area contributed by atoms with Gasteiger partial charge < -0.3 is 16.0 Å². The average molecular weight is 417 g/mol. The highest BCUT2D eigenvalue weighted by Gasteiger charge is 2.30. The predicted molar refractivity (Wildman–Crippen MR) is 109 cm³/mol. The van der Waals surface area contributed by atoms with Crippen LogP contribution in [0.4, 0.5) is 31.0 Å². The second-order valence-corrected chi connectivity index (χ2v) is 6.87. The molecule has 3 rings (SSSR count). The standard InChI is InChI=1S/C20H22F3N7/c1-13(2)27-19-29-17(25-11-14-6-8-24-9-7-14)28-18(30-19)26-12-15-4-3-5-16(10-15)20(21,22)23/h3-10,13H,11-12H2,1-2H3,(H3,25,26,27,28,29,30). The van der Waals surface area contributed by atoms with E-state index in [1.807, 2.05) is 26.0 Å². The zero-order chi connectivity index (χ0) is 21.6. The summed E-state index contributed by atoms with van der Waals surface area (Å²) >= 11 is 0. The number of alkyl halides is 3. The third-order valence-electron chi connectivity index (χ3n) is 3.96. The number of nitrogens with zero attached hydrogens (tertiary/aromatic N) is 4. The van der Waals surface area contributed by atoms with Gasteiger partial charge in [0.2, 0.25) is 17.8 Å². The first-order chi connectivity index (χ1) is 14.3. The topological polar surface area (TPSA) is 87.7 Å². The summed E-state index contributed by atoms with van der Waals surface area (Å²) in [5.41, 5.74) is 0.775. The zero-order valence-corrected chi connectivity index (χ0v) is 16.5. The Morgan fingerprint density at radius 2 is 1.43 bits per heavy atom. The van der Waals surface area contributed by atoms with Crippen LogP contribution in [0.2, 0.25) is 0 Å². The number of halogens is 3. The van der Waals surface area contributed by atoms with Crippen LogP contribution >= 0.6 is 0 Å². The molecule has 0 radical (unpaired) electrons. The molecule has 0 atom stereocenters. The van der Waals surface area contributed by atoms with E-state index < -0.39 is 11.7 Å². The van der Waals surface area contributed by atoms with Crippen molar-refractivity contribution < 1.29 is 13.2 Å². The smallest absolute Gasteiger partial charge is 0.352 e. The third kappa shape index (κ3) is 6.29. The van der Waals surface area contributed by atoms with Crippen LogP contribution < -0.4 is 16.0 Å². The van der Waals surface area contributed by atoms with Crippen molar-refractivity contribution in [3.05, 3.63) is 65.5 Å². The summed E-state index contributed by atoms with van der Waals surface area (Å²) in [6.45, 7) is 4.52. The Labute approximate surface area is 172 Å². The number of aromatic nitrogens is 4. The van der Waals surface area contributed by atoms with E-state index in [4.69, 9.17) is 0 Å². The van der Waals surface area contributed by atoms with Crippen LogP contribution in [-0.2, 0) is 19.3 Å². The van der Waals surface area contributed by atoms with Gasteiger partial charge in [-0.05, 0) is 49.2 Å². The summed E-state index contributed by atoms with van der Waals surface area (Å²) in [6.07, 6.45) is -1.00. The number of nitrogens with one attached hydrogen (secondary N) is 3. The highest BCUT2D eigenvalue weighted by atomic mass is 19.4. The predicted octanol–water partition coefficient (Wildman–Crippen LogP) is 4.33. The van der Waals surface area contributed by atoms with Crippen LogP contribution in [0.15, 0.2) is 48.8 Å². The van der Waals surface area contributed by atoms with Crippen molar-refractivity contribution in [3.8, 4) is 0 Å². The molecule has 0 aliphatic heterocycles. The Kier molecular flexibility index (Phi) is 6.65. The summed E-state index contributed by atoms with van der Waals surface area (Å²) < 4.78 is 38.7. The van der Waals surface area contributed by atoms with Crippen LogP contribution in [0.5, 0.6) is 0 Å². The van der Waals surface area contributed by atoms with E-state index >= 15 is 0 Å². The van der Waals surface area contributed by atoms with Crippen LogP contribution in [0, 0.1) is 0 Å². The van der Waals surface area contributed by atoms with Crippen molar-refractivity contribution in [2.24, 2.45) is 0 Å². The van der Waals surface area contributed by atoms with Gasteiger partial charge in [0.25, 0.3) is 0 Å². The van der Waals surface area contributed by atoms with Gasteiger partial charge in [-0.25, -0.2) is 0 Å². The fourth-order valence-corrected chi connectivity index (χ4v) is 2.58. The summed E-state index contributed by atoms with van der Waals surface area (Å²) in [5, 5.41) is 9.21. The largest absolute Gasteiger partial charge is 0.416 e. The van der Waals surface area contributed by atoms with Crippen molar-refractivity contribution in [1.82, 2.24) is 19.9 Å². The first-order valence-electron chi connectivity index (χ1n) is 9.35. The van der Waals surface area contributed by atoms with E-state index in [-0.39, 0.29) is 18.5 Å². The molecule has 3 aromatic rings. The van der Waals surface area contributed by atoms with Crippen LogP contribution in [-0.4, -0.2) is 26.0 Å². The Morgan fingerprint density at radius 3 is 2.03 bits per heavy atom. The summed E-state index contributed by atoms with van der Waals surface area (Å²) in [4.78, 5) is 16.9.